The Hall–Kier alpha value is -1.58. The highest BCUT2D eigenvalue weighted by atomic mass is 16.4. The van der Waals surface area contributed by atoms with Crippen molar-refractivity contribution in [1.82, 2.24) is 4.57 Å². The van der Waals surface area contributed by atoms with E-state index in [9.17, 15) is 9.59 Å². The molecular formula is C11H13NO3. The molecule has 1 N–H and O–H groups in total. The van der Waals surface area contributed by atoms with Crippen LogP contribution in [0.25, 0.3) is 0 Å². The van der Waals surface area contributed by atoms with Gasteiger partial charge in [-0.05, 0) is 37.8 Å². The van der Waals surface area contributed by atoms with Crippen LogP contribution in [0, 0.1) is 12.8 Å². The van der Waals surface area contributed by atoms with Crippen molar-refractivity contribution in [3.63, 3.8) is 0 Å². The molecule has 0 amide bonds. The summed E-state index contributed by atoms with van der Waals surface area (Å²) in [6.07, 6.45) is 2.28. The number of rotatable bonds is 3. The van der Waals surface area contributed by atoms with Crippen molar-refractivity contribution in [1.29, 1.82) is 0 Å². The zero-order chi connectivity index (χ0) is 11.0. The molecule has 0 bridgehead atoms. The molecule has 1 aliphatic carbocycles. The molecule has 15 heavy (non-hydrogen) atoms. The first-order valence-corrected chi connectivity index (χ1v) is 5.03. The first kappa shape index (κ1) is 9.96. The maximum Gasteiger partial charge on any atom is 0.341 e. The van der Waals surface area contributed by atoms with E-state index in [-0.39, 0.29) is 11.1 Å². The molecule has 0 atom stereocenters. The average Bonchev–Trinajstić information content (AvgIpc) is 2.95. The third kappa shape index (κ3) is 1.93. The number of carboxylic acids is 1. The second kappa shape index (κ2) is 3.53. The van der Waals surface area contributed by atoms with Gasteiger partial charge in [0.25, 0.3) is 5.56 Å². The summed E-state index contributed by atoms with van der Waals surface area (Å²) in [5.74, 6) is -0.588. The average molecular weight is 207 g/mol. The van der Waals surface area contributed by atoms with E-state index in [0.717, 1.165) is 18.5 Å². The van der Waals surface area contributed by atoms with Crippen molar-refractivity contribution < 1.29 is 9.90 Å². The van der Waals surface area contributed by atoms with Gasteiger partial charge in [-0.15, -0.1) is 0 Å². The van der Waals surface area contributed by atoms with Gasteiger partial charge in [0, 0.05) is 12.2 Å². The van der Waals surface area contributed by atoms with E-state index in [1.807, 2.05) is 6.92 Å². The molecule has 1 saturated carbocycles. The molecule has 1 fully saturated rings. The van der Waals surface area contributed by atoms with E-state index < -0.39 is 5.97 Å². The van der Waals surface area contributed by atoms with Crippen molar-refractivity contribution in [3.8, 4) is 0 Å². The number of aromatic nitrogens is 1. The molecule has 0 spiro atoms. The molecule has 0 aromatic carbocycles. The van der Waals surface area contributed by atoms with Gasteiger partial charge in [-0.25, -0.2) is 4.79 Å². The van der Waals surface area contributed by atoms with Crippen LogP contribution < -0.4 is 5.56 Å². The fourth-order valence-corrected chi connectivity index (χ4v) is 1.62. The van der Waals surface area contributed by atoms with Gasteiger partial charge >= 0.3 is 5.97 Å². The Morgan fingerprint density at radius 2 is 2.20 bits per heavy atom. The molecule has 0 unspecified atom stereocenters. The van der Waals surface area contributed by atoms with E-state index in [0.29, 0.717) is 12.5 Å². The predicted octanol–water partition coefficient (Wildman–Crippen LogP) is 1.26. The summed E-state index contributed by atoms with van der Waals surface area (Å²) in [6, 6.07) is 3.07. The maximum absolute atomic E-state index is 11.8. The van der Waals surface area contributed by atoms with Crippen molar-refractivity contribution in [2.24, 2.45) is 5.92 Å². The summed E-state index contributed by atoms with van der Waals surface area (Å²) in [5, 5.41) is 8.82. The number of carboxylic acid groups (broad SMARTS) is 1. The highest BCUT2D eigenvalue weighted by Gasteiger charge is 2.23. The minimum absolute atomic E-state index is 0.138. The molecule has 0 aliphatic heterocycles. The molecule has 4 heteroatoms. The first-order valence-electron chi connectivity index (χ1n) is 5.03. The quantitative estimate of drug-likeness (QED) is 0.811. The van der Waals surface area contributed by atoms with Crippen molar-refractivity contribution in [2.45, 2.75) is 26.3 Å². The Bertz CT molecular complexity index is 457. The second-order valence-corrected chi connectivity index (χ2v) is 4.05. The molecule has 80 valence electrons. The lowest BCUT2D eigenvalue weighted by atomic mass is 10.2. The normalized spacial score (nSPS) is 15.3. The van der Waals surface area contributed by atoms with E-state index in [2.05, 4.69) is 0 Å². The molecule has 1 heterocycles. The van der Waals surface area contributed by atoms with Crippen LogP contribution in [0.15, 0.2) is 16.9 Å². The Balaban J connectivity index is 2.45. The van der Waals surface area contributed by atoms with Crippen LogP contribution in [-0.4, -0.2) is 15.6 Å². The first-order chi connectivity index (χ1) is 7.09. The van der Waals surface area contributed by atoms with Crippen LogP contribution in [0.5, 0.6) is 0 Å². The van der Waals surface area contributed by atoms with E-state index >= 15 is 0 Å². The summed E-state index contributed by atoms with van der Waals surface area (Å²) < 4.78 is 1.57. The standard InChI is InChI=1S/C11H13NO3/c1-7-2-5-9(11(14)15)10(13)12(7)6-8-3-4-8/h2,5,8H,3-4,6H2,1H3,(H,14,15). The number of hydrogen-bond donors (Lipinski definition) is 1. The van der Waals surface area contributed by atoms with E-state index in [1.54, 1.807) is 10.6 Å². The SMILES string of the molecule is Cc1ccc(C(=O)O)c(=O)n1CC1CC1. The molecule has 1 aromatic rings. The van der Waals surface area contributed by atoms with Crippen LogP contribution in [-0.2, 0) is 6.54 Å². The van der Waals surface area contributed by atoms with Crippen LogP contribution in [0.4, 0.5) is 0 Å². The Labute approximate surface area is 87.2 Å². The number of carbonyl (C=O) groups is 1. The third-order valence-corrected chi connectivity index (χ3v) is 2.76. The largest absolute Gasteiger partial charge is 0.477 e. The summed E-state index contributed by atoms with van der Waals surface area (Å²) in [6.45, 7) is 2.49. The Kier molecular flexibility index (Phi) is 2.34. The van der Waals surface area contributed by atoms with Gasteiger partial charge in [0.2, 0.25) is 0 Å². The minimum Gasteiger partial charge on any atom is -0.477 e. The van der Waals surface area contributed by atoms with Crippen LogP contribution in [0.3, 0.4) is 0 Å². The summed E-state index contributed by atoms with van der Waals surface area (Å²) in [4.78, 5) is 22.5. The van der Waals surface area contributed by atoms with Gasteiger partial charge in [-0.1, -0.05) is 0 Å². The number of hydrogen-bond acceptors (Lipinski definition) is 2. The van der Waals surface area contributed by atoms with Gasteiger partial charge in [0.05, 0.1) is 0 Å². The summed E-state index contributed by atoms with van der Waals surface area (Å²) in [7, 11) is 0. The molecule has 1 aliphatic rings. The fourth-order valence-electron chi connectivity index (χ4n) is 1.62. The van der Waals surface area contributed by atoms with Crippen molar-refractivity contribution in [2.75, 3.05) is 0 Å². The summed E-state index contributed by atoms with van der Waals surface area (Å²) in [5.41, 5.74) is 0.313. The monoisotopic (exact) mass is 207 g/mol. The molecule has 0 saturated heterocycles. The fraction of sp³-hybridized carbons (Fsp3) is 0.455. The maximum atomic E-state index is 11.8. The Morgan fingerprint density at radius 3 is 2.73 bits per heavy atom. The van der Waals surface area contributed by atoms with Crippen molar-refractivity contribution >= 4 is 5.97 Å². The minimum atomic E-state index is -1.15. The van der Waals surface area contributed by atoms with Gasteiger partial charge in [-0.2, -0.15) is 0 Å². The Morgan fingerprint density at radius 1 is 1.53 bits per heavy atom. The molecule has 2 rings (SSSR count). The number of aromatic carboxylic acids is 1. The number of nitrogens with zero attached hydrogens (tertiary/aromatic N) is 1. The zero-order valence-electron chi connectivity index (χ0n) is 8.56. The smallest absolute Gasteiger partial charge is 0.341 e. The van der Waals surface area contributed by atoms with E-state index in [4.69, 9.17) is 5.11 Å². The van der Waals surface area contributed by atoms with Gasteiger partial charge in [0.15, 0.2) is 0 Å². The van der Waals surface area contributed by atoms with Gasteiger partial charge < -0.3 is 9.67 Å². The molecular weight excluding hydrogens is 194 g/mol. The lowest BCUT2D eigenvalue weighted by Crippen LogP contribution is -2.28. The van der Waals surface area contributed by atoms with Crippen LogP contribution in [0.1, 0.15) is 28.9 Å². The molecule has 4 nitrogen and oxygen atoms in total. The highest BCUT2D eigenvalue weighted by Crippen LogP contribution is 2.30. The lowest BCUT2D eigenvalue weighted by Gasteiger charge is -2.09. The molecule has 1 aromatic heterocycles. The second-order valence-electron chi connectivity index (χ2n) is 4.05. The highest BCUT2D eigenvalue weighted by molar-refractivity contribution is 5.87. The van der Waals surface area contributed by atoms with Crippen molar-refractivity contribution in [3.05, 3.63) is 33.7 Å². The zero-order valence-corrected chi connectivity index (χ0v) is 8.56. The van der Waals surface area contributed by atoms with Crippen LogP contribution in [0.2, 0.25) is 0 Å². The van der Waals surface area contributed by atoms with Crippen LogP contribution >= 0.6 is 0 Å². The van der Waals surface area contributed by atoms with E-state index in [1.165, 1.54) is 6.07 Å². The predicted molar refractivity (Wildman–Crippen MR) is 55.1 cm³/mol. The molecule has 0 radical (unpaired) electrons. The van der Waals surface area contributed by atoms with Gasteiger partial charge in [-0.3, -0.25) is 4.79 Å². The lowest BCUT2D eigenvalue weighted by molar-refractivity contribution is 0.0694. The summed E-state index contributed by atoms with van der Waals surface area (Å²) >= 11 is 0. The number of aryl methyl sites for hydroxylation is 1. The topological polar surface area (TPSA) is 59.3 Å². The third-order valence-electron chi connectivity index (χ3n) is 2.76. The van der Waals surface area contributed by atoms with Gasteiger partial charge in [0.1, 0.15) is 5.56 Å². The number of pyridine rings is 1.